The van der Waals surface area contributed by atoms with Crippen molar-refractivity contribution < 1.29 is 13.2 Å². The van der Waals surface area contributed by atoms with Gasteiger partial charge in [-0.2, -0.15) is 5.10 Å². The zero-order valence-corrected chi connectivity index (χ0v) is 16.9. The summed E-state index contributed by atoms with van der Waals surface area (Å²) in [6.07, 6.45) is 2.17. The van der Waals surface area contributed by atoms with Crippen LogP contribution in [0.25, 0.3) is 0 Å². The molecule has 0 atom stereocenters. The van der Waals surface area contributed by atoms with Crippen molar-refractivity contribution in [1.82, 2.24) is 24.8 Å². The highest BCUT2D eigenvalue weighted by molar-refractivity contribution is 7.89. The highest BCUT2D eigenvalue weighted by Gasteiger charge is 2.27. The van der Waals surface area contributed by atoms with Gasteiger partial charge in [0.05, 0.1) is 11.4 Å². The largest absolute Gasteiger partial charge is 0.349 e. The lowest BCUT2D eigenvalue weighted by atomic mass is 10.2. The average Bonchev–Trinajstić information content (AvgIpc) is 3.37. The van der Waals surface area contributed by atoms with Crippen LogP contribution in [0.2, 0.25) is 0 Å². The lowest BCUT2D eigenvalue weighted by molar-refractivity contribution is -0.121. The molecule has 1 aliphatic rings. The molecule has 0 saturated heterocycles. The van der Waals surface area contributed by atoms with Crippen LogP contribution in [0.5, 0.6) is 0 Å². The molecule has 1 aromatic heterocycles. The van der Waals surface area contributed by atoms with Crippen molar-refractivity contribution in [1.29, 1.82) is 0 Å². The monoisotopic (exact) mass is 409 g/mol. The van der Waals surface area contributed by atoms with Crippen LogP contribution in [0, 0.1) is 18.6 Å². The number of hydrogen-bond donors (Lipinski definition) is 3. The van der Waals surface area contributed by atoms with Gasteiger partial charge in [-0.25, -0.2) is 13.1 Å². The molecule has 0 unspecified atom stereocenters. The fourth-order valence-electron chi connectivity index (χ4n) is 2.81. The topological polar surface area (TPSA) is 109 Å². The van der Waals surface area contributed by atoms with Crippen LogP contribution in [0.4, 0.5) is 0 Å². The van der Waals surface area contributed by atoms with Crippen molar-refractivity contribution in [2.45, 2.75) is 50.6 Å². The van der Waals surface area contributed by atoms with Crippen LogP contribution in [-0.2, 0) is 21.4 Å². The van der Waals surface area contributed by atoms with Crippen LogP contribution in [0.3, 0.4) is 0 Å². The van der Waals surface area contributed by atoms with Crippen LogP contribution >= 0.6 is 12.2 Å². The van der Waals surface area contributed by atoms with E-state index in [9.17, 15) is 13.2 Å². The van der Waals surface area contributed by atoms with E-state index in [0.717, 1.165) is 18.4 Å². The minimum Gasteiger partial charge on any atom is -0.349 e. The fraction of sp³-hybridized carbons (Fsp3) is 0.471. The molecule has 3 N–H and O–H groups in total. The summed E-state index contributed by atoms with van der Waals surface area (Å²) in [5.74, 6) is 0.432. The van der Waals surface area contributed by atoms with E-state index < -0.39 is 10.0 Å². The van der Waals surface area contributed by atoms with E-state index in [1.165, 1.54) is 0 Å². The lowest BCUT2D eigenvalue weighted by Crippen LogP contribution is -2.31. The number of aromatic amines is 1. The van der Waals surface area contributed by atoms with Gasteiger partial charge in [0.1, 0.15) is 0 Å². The third kappa shape index (κ3) is 4.82. The number of aromatic nitrogens is 3. The Labute approximate surface area is 163 Å². The van der Waals surface area contributed by atoms with Gasteiger partial charge in [0, 0.05) is 19.0 Å². The van der Waals surface area contributed by atoms with Gasteiger partial charge in [-0.05, 0) is 56.1 Å². The molecule has 27 heavy (non-hydrogen) atoms. The molecule has 3 rings (SSSR count). The molecule has 1 aromatic carbocycles. The number of benzene rings is 1. The van der Waals surface area contributed by atoms with Gasteiger partial charge < -0.3 is 5.32 Å². The highest BCUT2D eigenvalue weighted by Crippen LogP contribution is 2.35. The molecule has 1 fully saturated rings. The second-order valence-corrected chi connectivity index (χ2v) is 8.86. The summed E-state index contributed by atoms with van der Waals surface area (Å²) >= 11 is 5.20. The van der Waals surface area contributed by atoms with Crippen molar-refractivity contribution >= 4 is 28.1 Å². The molecule has 0 radical (unpaired) electrons. The molecule has 1 amide bonds. The second kappa shape index (κ2) is 7.91. The maximum Gasteiger partial charge on any atom is 0.240 e. The molecule has 0 aliphatic heterocycles. The number of amides is 1. The molecule has 1 aliphatic carbocycles. The Morgan fingerprint density at radius 2 is 2.11 bits per heavy atom. The van der Waals surface area contributed by atoms with Gasteiger partial charge >= 0.3 is 0 Å². The van der Waals surface area contributed by atoms with E-state index in [0.29, 0.717) is 22.2 Å². The van der Waals surface area contributed by atoms with Crippen molar-refractivity contribution in [2.75, 3.05) is 6.54 Å². The molecule has 0 bridgehead atoms. The number of hydrogen-bond acceptors (Lipinski definition) is 5. The number of carbonyl (C=O) groups excluding carboxylic acids is 1. The third-order valence-electron chi connectivity index (χ3n) is 4.41. The van der Waals surface area contributed by atoms with Gasteiger partial charge in [0.2, 0.25) is 15.9 Å². The molecular formula is C17H23N5O3S2. The summed E-state index contributed by atoms with van der Waals surface area (Å²) in [7, 11) is -3.65. The predicted molar refractivity (Wildman–Crippen MR) is 103 cm³/mol. The van der Waals surface area contributed by atoms with E-state index >= 15 is 0 Å². The van der Waals surface area contributed by atoms with E-state index in [1.54, 1.807) is 19.1 Å². The van der Waals surface area contributed by atoms with Gasteiger partial charge in [-0.1, -0.05) is 12.1 Å². The first kappa shape index (κ1) is 19.7. The van der Waals surface area contributed by atoms with Crippen LogP contribution in [0.1, 0.15) is 42.3 Å². The van der Waals surface area contributed by atoms with Crippen LogP contribution in [0.15, 0.2) is 23.1 Å². The molecule has 1 heterocycles. The lowest BCUT2D eigenvalue weighted by Gasteiger charge is -2.10. The second-order valence-electron chi connectivity index (χ2n) is 6.74. The minimum atomic E-state index is -3.65. The first-order valence-corrected chi connectivity index (χ1v) is 10.7. The molecule has 1 saturated carbocycles. The number of rotatable bonds is 8. The van der Waals surface area contributed by atoms with E-state index in [-0.39, 0.29) is 30.3 Å². The Balaban J connectivity index is 1.51. The van der Waals surface area contributed by atoms with Crippen molar-refractivity contribution in [3.8, 4) is 0 Å². The SMILES string of the molecule is Cc1ccc(C)c(S(=O)(=O)NCCC(=O)NCc2n[nH]c(=S)n2C2CC2)c1. The Bertz CT molecular complexity index is 1010. The number of H-pyrrole nitrogens is 1. The van der Waals surface area contributed by atoms with Crippen LogP contribution in [-0.4, -0.2) is 35.6 Å². The van der Waals surface area contributed by atoms with Gasteiger partial charge in [0.25, 0.3) is 0 Å². The molecule has 2 aromatic rings. The average molecular weight is 410 g/mol. The van der Waals surface area contributed by atoms with Gasteiger partial charge in [-0.3, -0.25) is 14.5 Å². The maximum atomic E-state index is 12.4. The standard InChI is InChI=1S/C17H23N5O3S2/c1-11-3-4-12(2)14(9-11)27(24,25)19-8-7-16(23)18-10-15-20-21-17(26)22(15)13-5-6-13/h3-4,9,13,19H,5-8,10H2,1-2H3,(H,18,23)(H,21,26). The van der Waals surface area contributed by atoms with Crippen molar-refractivity contribution in [3.05, 3.63) is 39.9 Å². The number of aryl methyl sites for hydroxylation is 2. The normalized spacial score (nSPS) is 14.3. The fourth-order valence-corrected chi connectivity index (χ4v) is 4.47. The molecule has 10 heteroatoms. The third-order valence-corrected chi connectivity index (χ3v) is 6.30. The quantitative estimate of drug-likeness (QED) is 0.577. The Morgan fingerprint density at radius 3 is 2.81 bits per heavy atom. The number of nitrogens with one attached hydrogen (secondary N) is 3. The summed E-state index contributed by atoms with van der Waals surface area (Å²) in [4.78, 5) is 12.3. The van der Waals surface area contributed by atoms with Crippen molar-refractivity contribution in [3.63, 3.8) is 0 Å². The van der Waals surface area contributed by atoms with Crippen LogP contribution < -0.4 is 10.0 Å². The first-order chi connectivity index (χ1) is 12.8. The molecule has 0 spiro atoms. The Morgan fingerprint density at radius 1 is 1.37 bits per heavy atom. The minimum absolute atomic E-state index is 0.0248. The zero-order chi connectivity index (χ0) is 19.6. The highest BCUT2D eigenvalue weighted by atomic mass is 32.2. The summed E-state index contributed by atoms with van der Waals surface area (Å²) in [5, 5.41) is 9.65. The molecule has 146 valence electrons. The number of carbonyl (C=O) groups is 1. The Kier molecular flexibility index (Phi) is 5.78. The predicted octanol–water partition coefficient (Wildman–Crippen LogP) is 1.88. The number of nitrogens with zero attached hydrogens (tertiary/aromatic N) is 2. The molecule has 8 nitrogen and oxygen atoms in total. The number of sulfonamides is 1. The van der Waals surface area contributed by atoms with Gasteiger partial charge in [0.15, 0.2) is 10.6 Å². The van der Waals surface area contributed by atoms with E-state index in [4.69, 9.17) is 12.2 Å². The molecular weight excluding hydrogens is 386 g/mol. The first-order valence-electron chi connectivity index (χ1n) is 8.77. The van der Waals surface area contributed by atoms with E-state index in [1.807, 2.05) is 17.6 Å². The summed E-state index contributed by atoms with van der Waals surface area (Å²) in [6.45, 7) is 3.86. The Hall–Kier alpha value is -2.04. The maximum absolute atomic E-state index is 12.4. The van der Waals surface area contributed by atoms with E-state index in [2.05, 4.69) is 20.2 Å². The summed E-state index contributed by atoms with van der Waals surface area (Å²) in [6, 6.07) is 5.62. The van der Waals surface area contributed by atoms with Gasteiger partial charge in [-0.15, -0.1) is 0 Å². The van der Waals surface area contributed by atoms with Crippen molar-refractivity contribution in [2.24, 2.45) is 0 Å². The summed E-state index contributed by atoms with van der Waals surface area (Å²) in [5.41, 5.74) is 1.53. The smallest absolute Gasteiger partial charge is 0.240 e. The summed E-state index contributed by atoms with van der Waals surface area (Å²) < 4.78 is 29.8. The zero-order valence-electron chi connectivity index (χ0n) is 15.3.